The van der Waals surface area contributed by atoms with Crippen LogP contribution in [0.25, 0.3) is 16.9 Å². The van der Waals surface area contributed by atoms with E-state index in [1.807, 2.05) is 48.7 Å². The molecular weight excluding hydrogens is 374 g/mol. The lowest BCUT2D eigenvalue weighted by Crippen LogP contribution is -2.45. The van der Waals surface area contributed by atoms with E-state index in [9.17, 15) is 4.79 Å². The zero-order valence-corrected chi connectivity index (χ0v) is 17.7. The summed E-state index contributed by atoms with van der Waals surface area (Å²) in [5, 5.41) is 7.89. The number of rotatable bonds is 6. The molecule has 1 aromatic carbocycles. The fraction of sp³-hybridized carbons (Fsp3) is 0.375. The minimum absolute atomic E-state index is 0.0598. The summed E-state index contributed by atoms with van der Waals surface area (Å²) in [5.74, 6) is 0.622. The molecule has 1 aliphatic rings. The number of piperidine rings is 1. The van der Waals surface area contributed by atoms with Gasteiger partial charge in [0.15, 0.2) is 0 Å². The third kappa shape index (κ3) is 4.76. The molecule has 3 aromatic rings. The molecule has 1 amide bonds. The van der Waals surface area contributed by atoms with Gasteiger partial charge in [-0.1, -0.05) is 25.1 Å². The summed E-state index contributed by atoms with van der Waals surface area (Å²) in [6, 6.07) is 13.7. The highest BCUT2D eigenvalue weighted by Gasteiger charge is 2.22. The van der Waals surface area contributed by atoms with Crippen LogP contribution in [0, 0.1) is 5.92 Å². The number of pyridine rings is 1. The van der Waals surface area contributed by atoms with Crippen LogP contribution in [-0.2, 0) is 0 Å². The second-order valence-corrected chi connectivity index (χ2v) is 8.29. The minimum atomic E-state index is -0.103. The summed E-state index contributed by atoms with van der Waals surface area (Å²) in [7, 11) is 0. The molecule has 0 spiro atoms. The highest BCUT2D eigenvalue weighted by molar-refractivity contribution is 6.00. The van der Waals surface area contributed by atoms with Gasteiger partial charge in [-0.15, -0.1) is 0 Å². The van der Waals surface area contributed by atoms with Gasteiger partial charge in [0.2, 0.25) is 0 Å². The summed E-state index contributed by atoms with van der Waals surface area (Å²) >= 11 is 0. The molecule has 30 heavy (non-hydrogen) atoms. The van der Waals surface area contributed by atoms with Crippen molar-refractivity contribution in [1.29, 1.82) is 0 Å². The number of nitrogens with zero attached hydrogens (tertiary/aromatic N) is 4. The van der Waals surface area contributed by atoms with Gasteiger partial charge >= 0.3 is 0 Å². The van der Waals surface area contributed by atoms with Crippen molar-refractivity contribution in [1.82, 2.24) is 25.0 Å². The van der Waals surface area contributed by atoms with E-state index in [1.54, 1.807) is 17.1 Å². The van der Waals surface area contributed by atoms with E-state index in [4.69, 9.17) is 5.10 Å². The molecule has 4 rings (SSSR count). The molecule has 1 aliphatic heterocycles. The van der Waals surface area contributed by atoms with Crippen LogP contribution in [-0.4, -0.2) is 51.2 Å². The monoisotopic (exact) mass is 403 g/mol. The molecule has 0 aliphatic carbocycles. The third-order valence-corrected chi connectivity index (χ3v) is 5.57. The van der Waals surface area contributed by atoms with Gasteiger partial charge in [0.25, 0.3) is 5.91 Å². The topological polar surface area (TPSA) is 63.1 Å². The Kier molecular flexibility index (Phi) is 6.23. The quantitative estimate of drug-likeness (QED) is 0.680. The number of benzene rings is 1. The Hall–Kier alpha value is -2.99. The van der Waals surface area contributed by atoms with Crippen LogP contribution in [0.4, 0.5) is 0 Å². The molecule has 0 bridgehead atoms. The number of hydrogen-bond acceptors (Lipinski definition) is 4. The first-order valence-corrected chi connectivity index (χ1v) is 10.7. The molecule has 3 heterocycles. The van der Waals surface area contributed by atoms with Gasteiger partial charge in [0.05, 0.1) is 11.3 Å². The molecule has 0 radical (unpaired) electrons. The molecule has 156 valence electrons. The van der Waals surface area contributed by atoms with Crippen molar-refractivity contribution in [2.45, 2.75) is 32.7 Å². The van der Waals surface area contributed by atoms with Crippen molar-refractivity contribution < 1.29 is 4.79 Å². The fourth-order valence-corrected chi connectivity index (χ4v) is 4.16. The van der Waals surface area contributed by atoms with Crippen LogP contribution < -0.4 is 5.32 Å². The number of para-hydroxylation sites is 1. The van der Waals surface area contributed by atoms with Crippen LogP contribution in [0.5, 0.6) is 0 Å². The first-order chi connectivity index (χ1) is 14.6. The summed E-state index contributed by atoms with van der Waals surface area (Å²) in [6.07, 6.45) is 7.80. The lowest BCUT2D eigenvalue weighted by molar-refractivity contribution is 0.0920. The van der Waals surface area contributed by atoms with Gasteiger partial charge in [-0.3, -0.25) is 9.78 Å². The van der Waals surface area contributed by atoms with E-state index >= 15 is 0 Å². The first-order valence-electron chi connectivity index (χ1n) is 10.7. The van der Waals surface area contributed by atoms with E-state index in [-0.39, 0.29) is 11.9 Å². The molecule has 1 saturated heterocycles. The molecule has 6 nitrogen and oxygen atoms in total. The Morgan fingerprint density at radius 3 is 2.80 bits per heavy atom. The van der Waals surface area contributed by atoms with Crippen LogP contribution in [0.2, 0.25) is 0 Å². The first kappa shape index (κ1) is 20.3. The molecule has 1 fully saturated rings. The van der Waals surface area contributed by atoms with Crippen molar-refractivity contribution in [2.75, 3.05) is 19.6 Å². The van der Waals surface area contributed by atoms with E-state index in [0.29, 0.717) is 11.3 Å². The number of amides is 1. The molecule has 6 heteroatoms. The molecule has 2 atom stereocenters. The summed E-state index contributed by atoms with van der Waals surface area (Å²) in [4.78, 5) is 19.9. The van der Waals surface area contributed by atoms with Gasteiger partial charge in [-0.2, -0.15) is 5.10 Å². The van der Waals surface area contributed by atoms with E-state index in [1.165, 1.54) is 12.8 Å². The van der Waals surface area contributed by atoms with Crippen LogP contribution >= 0.6 is 0 Å². The average Bonchev–Trinajstić information content (AvgIpc) is 3.21. The highest BCUT2D eigenvalue weighted by atomic mass is 16.1. The van der Waals surface area contributed by atoms with Crippen LogP contribution in [0.3, 0.4) is 0 Å². The standard InChI is InChI=1S/C24H29N5O/c1-18-8-7-13-28(15-18)16-19(2)26-24(30)22-17-29(21-10-4-3-5-11-21)27-23(22)20-9-6-12-25-14-20/h3-6,9-12,14,17-19H,7-8,13,15-16H2,1-2H3,(H,26,30). The zero-order valence-electron chi connectivity index (χ0n) is 17.7. The Labute approximate surface area is 177 Å². The highest BCUT2D eigenvalue weighted by Crippen LogP contribution is 2.23. The Balaban J connectivity index is 1.55. The summed E-state index contributed by atoms with van der Waals surface area (Å²) in [6.45, 7) is 7.45. The molecule has 2 aromatic heterocycles. The van der Waals surface area contributed by atoms with Gasteiger partial charge in [-0.25, -0.2) is 4.68 Å². The lowest BCUT2D eigenvalue weighted by Gasteiger charge is -2.32. The predicted molar refractivity (Wildman–Crippen MR) is 119 cm³/mol. The number of hydrogen-bond donors (Lipinski definition) is 1. The second-order valence-electron chi connectivity index (χ2n) is 8.29. The van der Waals surface area contributed by atoms with E-state index in [2.05, 4.69) is 29.0 Å². The number of carbonyl (C=O) groups is 1. The normalized spacial score (nSPS) is 18.1. The average molecular weight is 404 g/mol. The summed E-state index contributed by atoms with van der Waals surface area (Å²) in [5.41, 5.74) is 2.95. The Morgan fingerprint density at radius 1 is 1.23 bits per heavy atom. The largest absolute Gasteiger partial charge is 0.348 e. The van der Waals surface area contributed by atoms with Crippen molar-refractivity contribution in [3.8, 4) is 16.9 Å². The Morgan fingerprint density at radius 2 is 2.07 bits per heavy atom. The molecular formula is C24H29N5O. The SMILES string of the molecule is CC1CCCN(CC(C)NC(=O)c2cn(-c3ccccc3)nc2-c2cccnc2)C1. The van der Waals surface area contributed by atoms with Gasteiger partial charge < -0.3 is 10.2 Å². The van der Waals surface area contributed by atoms with Crippen molar-refractivity contribution in [2.24, 2.45) is 5.92 Å². The van der Waals surface area contributed by atoms with Crippen LogP contribution in [0.15, 0.2) is 61.1 Å². The molecule has 0 saturated carbocycles. The summed E-state index contributed by atoms with van der Waals surface area (Å²) < 4.78 is 1.76. The lowest BCUT2D eigenvalue weighted by atomic mass is 10.00. The van der Waals surface area contributed by atoms with E-state index < -0.39 is 0 Å². The van der Waals surface area contributed by atoms with E-state index in [0.717, 1.165) is 36.8 Å². The number of likely N-dealkylation sites (tertiary alicyclic amines) is 1. The Bertz CT molecular complexity index is 970. The van der Waals surface area contributed by atoms with Crippen molar-refractivity contribution >= 4 is 5.91 Å². The number of aromatic nitrogens is 3. The van der Waals surface area contributed by atoms with Gasteiger partial charge in [-0.05, 0) is 56.5 Å². The fourth-order valence-electron chi connectivity index (χ4n) is 4.16. The maximum absolute atomic E-state index is 13.2. The number of carbonyl (C=O) groups excluding carboxylic acids is 1. The van der Waals surface area contributed by atoms with Crippen molar-refractivity contribution in [3.05, 3.63) is 66.6 Å². The third-order valence-electron chi connectivity index (χ3n) is 5.57. The predicted octanol–water partition coefficient (Wildman–Crippen LogP) is 3.78. The number of nitrogens with one attached hydrogen (secondary N) is 1. The molecule has 1 N–H and O–H groups in total. The van der Waals surface area contributed by atoms with Gasteiger partial charge in [0.1, 0.15) is 5.69 Å². The smallest absolute Gasteiger partial charge is 0.255 e. The second kappa shape index (κ2) is 9.22. The molecule has 2 unspecified atom stereocenters. The van der Waals surface area contributed by atoms with Gasteiger partial charge in [0, 0.05) is 43.3 Å². The maximum atomic E-state index is 13.2. The van der Waals surface area contributed by atoms with Crippen molar-refractivity contribution in [3.63, 3.8) is 0 Å². The zero-order chi connectivity index (χ0) is 20.9. The minimum Gasteiger partial charge on any atom is -0.348 e. The maximum Gasteiger partial charge on any atom is 0.255 e. The van der Waals surface area contributed by atoms with Crippen LogP contribution in [0.1, 0.15) is 37.0 Å².